The minimum atomic E-state index is -3.90. The van der Waals surface area contributed by atoms with Crippen LogP contribution in [0.15, 0.2) is 35.5 Å². The van der Waals surface area contributed by atoms with Crippen LogP contribution in [-0.4, -0.2) is 84.1 Å². The van der Waals surface area contributed by atoms with Crippen LogP contribution in [-0.2, 0) is 16.6 Å². The fourth-order valence-electron chi connectivity index (χ4n) is 4.02. The van der Waals surface area contributed by atoms with Gasteiger partial charge in [-0.05, 0) is 18.6 Å². The Labute approximate surface area is 198 Å². The van der Waals surface area contributed by atoms with Gasteiger partial charge in [-0.3, -0.25) is 9.48 Å². The number of amides is 1. The molecule has 2 fully saturated rings. The lowest BCUT2D eigenvalue weighted by Gasteiger charge is -2.35. The van der Waals surface area contributed by atoms with Crippen LogP contribution in [0.5, 0.6) is 0 Å². The van der Waals surface area contributed by atoms with Crippen molar-refractivity contribution >= 4 is 45.0 Å². The highest BCUT2D eigenvalue weighted by Gasteiger charge is 2.36. The SMILES string of the molecule is CCCn1cc(C(=O)N2CCSCC2)c(S(=O)(=O)N2CCN(c3ccccc3Cl)CC2)n1. The van der Waals surface area contributed by atoms with Gasteiger partial charge in [0.2, 0.25) is 5.03 Å². The molecule has 4 rings (SSSR count). The molecule has 0 aliphatic carbocycles. The summed E-state index contributed by atoms with van der Waals surface area (Å²) in [6, 6.07) is 7.56. The summed E-state index contributed by atoms with van der Waals surface area (Å²) < 4.78 is 30.1. The number of sulfonamides is 1. The predicted molar refractivity (Wildman–Crippen MR) is 128 cm³/mol. The number of aryl methyl sites for hydroxylation is 1. The predicted octanol–water partition coefficient (Wildman–Crippen LogP) is 2.65. The number of aromatic nitrogens is 2. The van der Waals surface area contributed by atoms with Gasteiger partial charge in [-0.15, -0.1) is 0 Å². The maximum absolute atomic E-state index is 13.6. The molecule has 3 heterocycles. The number of piperazine rings is 1. The van der Waals surface area contributed by atoms with Crippen LogP contribution in [0, 0.1) is 0 Å². The standard InChI is InChI=1S/C21H28ClN5O3S2/c1-2-7-26-16-17(21(28)25-12-14-31-15-13-25)20(23-26)32(29,30)27-10-8-24(9-11-27)19-6-4-3-5-18(19)22/h3-6,16H,2,7-15H2,1H3. The van der Waals surface area contributed by atoms with Gasteiger partial charge < -0.3 is 9.80 Å². The minimum absolute atomic E-state index is 0.125. The van der Waals surface area contributed by atoms with E-state index in [2.05, 4.69) is 10.00 Å². The Morgan fingerprint density at radius 3 is 2.44 bits per heavy atom. The van der Waals surface area contributed by atoms with E-state index in [4.69, 9.17) is 11.6 Å². The molecule has 2 saturated heterocycles. The van der Waals surface area contributed by atoms with E-state index in [1.165, 1.54) is 4.31 Å². The van der Waals surface area contributed by atoms with Gasteiger partial charge in [0.05, 0.1) is 16.3 Å². The van der Waals surface area contributed by atoms with E-state index in [-0.39, 0.29) is 16.5 Å². The number of hydrogen-bond donors (Lipinski definition) is 0. The van der Waals surface area contributed by atoms with Crippen molar-refractivity contribution in [3.8, 4) is 0 Å². The molecule has 0 spiro atoms. The summed E-state index contributed by atoms with van der Waals surface area (Å²) in [5.41, 5.74) is 1.08. The Morgan fingerprint density at radius 1 is 1.09 bits per heavy atom. The van der Waals surface area contributed by atoms with Crippen molar-refractivity contribution in [2.75, 3.05) is 55.7 Å². The third-order valence-corrected chi connectivity index (χ3v) is 8.82. The molecule has 0 bridgehead atoms. The van der Waals surface area contributed by atoms with E-state index in [1.807, 2.05) is 31.2 Å². The van der Waals surface area contributed by atoms with Crippen molar-refractivity contribution in [3.63, 3.8) is 0 Å². The van der Waals surface area contributed by atoms with Gasteiger partial charge in [-0.25, -0.2) is 8.42 Å². The minimum Gasteiger partial charge on any atom is -0.368 e. The van der Waals surface area contributed by atoms with Crippen molar-refractivity contribution in [3.05, 3.63) is 41.0 Å². The largest absolute Gasteiger partial charge is 0.368 e. The lowest BCUT2D eigenvalue weighted by atomic mass is 10.2. The summed E-state index contributed by atoms with van der Waals surface area (Å²) in [5, 5.41) is 4.88. The maximum Gasteiger partial charge on any atom is 0.263 e. The number of rotatable bonds is 6. The molecule has 2 aliphatic rings. The molecule has 11 heteroatoms. The topological polar surface area (TPSA) is 78.8 Å². The highest BCUT2D eigenvalue weighted by atomic mass is 35.5. The van der Waals surface area contributed by atoms with E-state index in [1.54, 1.807) is 27.5 Å². The number of nitrogens with zero attached hydrogens (tertiary/aromatic N) is 5. The highest BCUT2D eigenvalue weighted by Crippen LogP contribution is 2.28. The van der Waals surface area contributed by atoms with Gasteiger partial charge in [0.15, 0.2) is 0 Å². The number of carbonyl (C=O) groups is 1. The second-order valence-electron chi connectivity index (χ2n) is 7.86. The van der Waals surface area contributed by atoms with Gasteiger partial charge in [0, 0.05) is 63.5 Å². The molecule has 1 amide bonds. The molecule has 2 aromatic rings. The van der Waals surface area contributed by atoms with E-state index < -0.39 is 10.0 Å². The van der Waals surface area contributed by atoms with Crippen LogP contribution in [0.2, 0.25) is 5.02 Å². The molecule has 1 aromatic carbocycles. The number of para-hydroxylation sites is 1. The van der Waals surface area contributed by atoms with Crippen molar-refractivity contribution in [1.82, 2.24) is 19.0 Å². The average molecular weight is 498 g/mol. The van der Waals surface area contributed by atoms with Crippen LogP contribution in [0.1, 0.15) is 23.7 Å². The second kappa shape index (κ2) is 10.0. The summed E-state index contributed by atoms with van der Waals surface area (Å²) in [5.74, 6) is 1.47. The number of carbonyl (C=O) groups excluding carboxylic acids is 1. The summed E-state index contributed by atoms with van der Waals surface area (Å²) in [7, 11) is -3.90. The average Bonchev–Trinajstić information content (AvgIpc) is 3.25. The summed E-state index contributed by atoms with van der Waals surface area (Å²) in [6.45, 7) is 5.46. The van der Waals surface area contributed by atoms with Crippen molar-refractivity contribution < 1.29 is 13.2 Å². The number of thioether (sulfide) groups is 1. The Kier molecular flexibility index (Phi) is 7.34. The molecule has 0 unspecified atom stereocenters. The number of anilines is 1. The third-order valence-electron chi connectivity index (χ3n) is 5.73. The molecular weight excluding hydrogens is 470 g/mol. The Morgan fingerprint density at radius 2 is 1.78 bits per heavy atom. The molecule has 0 radical (unpaired) electrons. The van der Waals surface area contributed by atoms with Crippen LogP contribution in [0.4, 0.5) is 5.69 Å². The van der Waals surface area contributed by atoms with E-state index in [0.29, 0.717) is 50.8 Å². The number of benzene rings is 1. The molecule has 8 nitrogen and oxygen atoms in total. The van der Waals surface area contributed by atoms with E-state index >= 15 is 0 Å². The first-order valence-corrected chi connectivity index (χ1v) is 13.8. The van der Waals surface area contributed by atoms with Gasteiger partial charge in [-0.2, -0.15) is 21.2 Å². The first-order chi connectivity index (χ1) is 15.4. The first kappa shape index (κ1) is 23.4. The van der Waals surface area contributed by atoms with Gasteiger partial charge in [0.1, 0.15) is 0 Å². The molecule has 0 saturated carbocycles. The summed E-state index contributed by atoms with van der Waals surface area (Å²) >= 11 is 8.11. The summed E-state index contributed by atoms with van der Waals surface area (Å²) in [6.07, 6.45) is 2.39. The van der Waals surface area contributed by atoms with Gasteiger partial charge in [-0.1, -0.05) is 30.7 Å². The molecular formula is C21H28ClN5O3S2. The zero-order valence-electron chi connectivity index (χ0n) is 18.1. The molecule has 32 heavy (non-hydrogen) atoms. The Bertz CT molecular complexity index is 1060. The molecule has 1 aromatic heterocycles. The van der Waals surface area contributed by atoms with Crippen LogP contribution in [0.25, 0.3) is 0 Å². The molecule has 0 N–H and O–H groups in total. The van der Waals surface area contributed by atoms with Crippen LogP contribution >= 0.6 is 23.4 Å². The highest BCUT2D eigenvalue weighted by molar-refractivity contribution is 7.99. The fourth-order valence-corrected chi connectivity index (χ4v) is 6.69. The monoisotopic (exact) mass is 497 g/mol. The first-order valence-electron chi connectivity index (χ1n) is 10.9. The summed E-state index contributed by atoms with van der Waals surface area (Å²) in [4.78, 5) is 17.0. The molecule has 2 aliphatic heterocycles. The lowest BCUT2D eigenvalue weighted by Crippen LogP contribution is -2.49. The maximum atomic E-state index is 13.6. The normalized spacial score (nSPS) is 18.2. The second-order valence-corrected chi connectivity index (χ2v) is 11.3. The number of hydrogen-bond acceptors (Lipinski definition) is 6. The quantitative estimate of drug-likeness (QED) is 0.610. The van der Waals surface area contributed by atoms with E-state index in [9.17, 15) is 13.2 Å². The van der Waals surface area contributed by atoms with E-state index in [0.717, 1.165) is 23.6 Å². The van der Waals surface area contributed by atoms with Gasteiger partial charge in [0.25, 0.3) is 15.9 Å². The molecule has 174 valence electrons. The Hall–Kier alpha value is -1.75. The lowest BCUT2D eigenvalue weighted by molar-refractivity contribution is 0.0768. The van der Waals surface area contributed by atoms with Gasteiger partial charge >= 0.3 is 0 Å². The van der Waals surface area contributed by atoms with Crippen LogP contribution in [0.3, 0.4) is 0 Å². The number of halogens is 1. The Balaban J connectivity index is 1.56. The molecule has 0 atom stereocenters. The smallest absolute Gasteiger partial charge is 0.263 e. The van der Waals surface area contributed by atoms with Crippen LogP contribution < -0.4 is 4.90 Å². The fraction of sp³-hybridized carbons (Fsp3) is 0.524. The van der Waals surface area contributed by atoms with Crippen molar-refractivity contribution in [2.24, 2.45) is 0 Å². The van der Waals surface area contributed by atoms with Crippen molar-refractivity contribution in [1.29, 1.82) is 0 Å². The zero-order chi connectivity index (χ0) is 22.7. The van der Waals surface area contributed by atoms with Crippen molar-refractivity contribution in [2.45, 2.75) is 24.9 Å². The zero-order valence-corrected chi connectivity index (χ0v) is 20.5. The third kappa shape index (κ3) is 4.78.